The van der Waals surface area contributed by atoms with Gasteiger partial charge in [0.25, 0.3) is 0 Å². The lowest BCUT2D eigenvalue weighted by Gasteiger charge is -2.36. The second-order valence-electron chi connectivity index (χ2n) is 24.9. The van der Waals surface area contributed by atoms with Gasteiger partial charge in [-0.2, -0.15) is 0 Å². The molecule has 0 atom stereocenters. The van der Waals surface area contributed by atoms with E-state index in [2.05, 4.69) is 299 Å². The van der Waals surface area contributed by atoms with Crippen molar-refractivity contribution >= 4 is 17.1 Å². The summed E-state index contributed by atoms with van der Waals surface area (Å²) in [5.41, 5.74) is 28.6. The molecule has 0 radical (unpaired) electrons. The summed E-state index contributed by atoms with van der Waals surface area (Å²) < 4.78 is 0. The van der Waals surface area contributed by atoms with Crippen LogP contribution in [0.25, 0.3) is 55.6 Å². The minimum atomic E-state index is -0.603. The molecule has 0 saturated carbocycles. The fourth-order valence-electron chi connectivity index (χ4n) is 13.7. The van der Waals surface area contributed by atoms with Crippen molar-refractivity contribution in [2.24, 2.45) is 0 Å². The third-order valence-electron chi connectivity index (χ3n) is 17.6. The highest BCUT2D eigenvalue weighted by Crippen LogP contribution is 2.59. The molecule has 10 aromatic carbocycles. The summed E-state index contributed by atoms with van der Waals surface area (Å²) >= 11 is 0. The Kier molecular flexibility index (Phi) is 10.7. The third-order valence-corrected chi connectivity index (χ3v) is 17.6. The van der Waals surface area contributed by atoms with E-state index in [-0.39, 0.29) is 21.7 Å². The Labute approximate surface area is 451 Å². The zero-order valence-electron chi connectivity index (χ0n) is 45.8. The van der Waals surface area contributed by atoms with Gasteiger partial charge in [-0.15, -0.1) is 0 Å². The number of nitrogens with zero attached hydrogens (tertiary/aromatic N) is 1. The van der Waals surface area contributed by atoms with Gasteiger partial charge in [0.05, 0.1) is 5.41 Å². The predicted octanol–water partition coefficient (Wildman–Crippen LogP) is 20.1. The molecule has 0 unspecified atom stereocenters. The van der Waals surface area contributed by atoms with E-state index in [0.29, 0.717) is 0 Å². The van der Waals surface area contributed by atoms with Gasteiger partial charge in [-0.3, -0.25) is 0 Å². The molecule has 372 valence electrons. The first kappa shape index (κ1) is 47.7. The van der Waals surface area contributed by atoms with Gasteiger partial charge in [0, 0.05) is 27.9 Å². The Balaban J connectivity index is 1.02. The SMILES string of the molecule is CC(C)(C)c1cccc(C2(c3cccc(C(C)(C)C)c3)c3ccccc3-c3ccc(N(c4ccc(-c5ccc6c(c5)C(C)(C)c5ccccc5-6)cc4)c4cccc(-c5cccc6c5C(C)(C)c5ccccc5-6)c4)cc32)c1. The molecule has 76 heavy (non-hydrogen) atoms. The molecule has 3 aliphatic rings. The van der Waals surface area contributed by atoms with Crippen molar-refractivity contribution in [3.63, 3.8) is 0 Å². The van der Waals surface area contributed by atoms with E-state index in [9.17, 15) is 0 Å². The summed E-state index contributed by atoms with van der Waals surface area (Å²) in [7, 11) is 0. The highest BCUT2D eigenvalue weighted by molar-refractivity contribution is 5.93. The van der Waals surface area contributed by atoms with Crippen molar-refractivity contribution in [3.8, 4) is 55.6 Å². The molecule has 0 aliphatic heterocycles. The molecule has 0 fully saturated rings. The van der Waals surface area contributed by atoms with E-state index in [1.54, 1.807) is 0 Å². The Morgan fingerprint density at radius 3 is 1.39 bits per heavy atom. The van der Waals surface area contributed by atoms with Gasteiger partial charge in [-0.25, -0.2) is 0 Å². The fourth-order valence-corrected chi connectivity index (χ4v) is 13.7. The number of rotatable bonds is 7. The standard InChI is InChI=1S/C75H67N/c1-71(2,3)51-22-18-24-53(45-51)75(54-25-19-23-52(46-54)72(4,5)6)67-34-16-13-28-60(67)63-42-40-57(47-69(63)75)76(55-38-35-48(36-39-55)49-37-41-62-59-27-11-14-32-65(59)73(7,8)68(62)44-49)56-26-17-21-50(43-56)58-30-20-31-64-61-29-12-15-33-66(61)74(9,10)70(58)64/h11-47H,1-10H3. The summed E-state index contributed by atoms with van der Waals surface area (Å²) in [4.78, 5) is 2.50. The molecule has 10 aromatic rings. The van der Waals surface area contributed by atoms with Crippen LogP contribution in [-0.2, 0) is 27.1 Å². The molecule has 0 heterocycles. The van der Waals surface area contributed by atoms with Crippen LogP contribution in [0.4, 0.5) is 17.1 Å². The molecule has 0 saturated heterocycles. The summed E-state index contributed by atoms with van der Waals surface area (Å²) in [6.45, 7) is 23.5. The summed E-state index contributed by atoms with van der Waals surface area (Å²) in [6.07, 6.45) is 0. The first-order chi connectivity index (χ1) is 36.5. The molecule has 1 nitrogen and oxygen atoms in total. The number of benzene rings is 10. The molecular weight excluding hydrogens is 915 g/mol. The normalized spacial score (nSPS) is 15.0. The van der Waals surface area contributed by atoms with Crippen LogP contribution in [0.15, 0.2) is 224 Å². The second kappa shape index (κ2) is 17.0. The molecule has 0 N–H and O–H groups in total. The van der Waals surface area contributed by atoms with Gasteiger partial charge >= 0.3 is 0 Å². The minimum absolute atomic E-state index is 0.0426. The summed E-state index contributed by atoms with van der Waals surface area (Å²) in [5, 5.41) is 0. The molecule has 0 spiro atoms. The monoisotopic (exact) mass is 982 g/mol. The van der Waals surface area contributed by atoms with Crippen LogP contribution in [0.5, 0.6) is 0 Å². The quantitative estimate of drug-likeness (QED) is 0.154. The molecule has 1 heteroatoms. The number of hydrogen-bond acceptors (Lipinski definition) is 1. The Morgan fingerprint density at radius 2 is 0.750 bits per heavy atom. The molecular formula is C75H67N. The van der Waals surface area contributed by atoms with Crippen LogP contribution < -0.4 is 4.90 Å². The first-order valence-electron chi connectivity index (χ1n) is 27.4. The van der Waals surface area contributed by atoms with Crippen LogP contribution in [0.2, 0.25) is 0 Å². The number of fused-ring (bicyclic) bond motifs is 9. The predicted molar refractivity (Wildman–Crippen MR) is 322 cm³/mol. The van der Waals surface area contributed by atoms with E-state index in [1.807, 2.05) is 0 Å². The lowest BCUT2D eigenvalue weighted by Crippen LogP contribution is -2.30. The average molecular weight is 982 g/mol. The molecule has 13 rings (SSSR count). The maximum atomic E-state index is 2.53. The zero-order valence-corrected chi connectivity index (χ0v) is 45.8. The minimum Gasteiger partial charge on any atom is -0.310 e. The topological polar surface area (TPSA) is 3.24 Å². The number of hydrogen-bond donors (Lipinski definition) is 0. The van der Waals surface area contributed by atoms with Gasteiger partial charge in [0.2, 0.25) is 0 Å². The maximum Gasteiger partial charge on any atom is 0.0714 e. The Morgan fingerprint density at radius 1 is 0.289 bits per heavy atom. The highest BCUT2D eigenvalue weighted by Gasteiger charge is 2.47. The van der Waals surface area contributed by atoms with Crippen LogP contribution in [0.1, 0.15) is 125 Å². The molecule has 0 amide bonds. The smallest absolute Gasteiger partial charge is 0.0714 e. The summed E-state index contributed by atoms with van der Waals surface area (Å²) in [5.74, 6) is 0. The third kappa shape index (κ3) is 7.19. The fraction of sp³-hybridized carbons (Fsp3) is 0.200. The van der Waals surface area contributed by atoms with Crippen LogP contribution in [0.3, 0.4) is 0 Å². The van der Waals surface area contributed by atoms with Gasteiger partial charge < -0.3 is 4.90 Å². The largest absolute Gasteiger partial charge is 0.310 e. The zero-order chi connectivity index (χ0) is 52.5. The molecule has 0 bridgehead atoms. The Hall–Kier alpha value is -8.00. The second-order valence-corrected chi connectivity index (χ2v) is 24.9. The van der Waals surface area contributed by atoms with Gasteiger partial charge in [-0.1, -0.05) is 251 Å². The van der Waals surface area contributed by atoms with E-state index in [4.69, 9.17) is 0 Å². The maximum absolute atomic E-state index is 2.53. The van der Waals surface area contributed by atoms with E-state index >= 15 is 0 Å². The lowest BCUT2D eigenvalue weighted by molar-refractivity contribution is 0.585. The first-order valence-corrected chi connectivity index (χ1v) is 27.4. The summed E-state index contributed by atoms with van der Waals surface area (Å²) in [6, 6.07) is 85.9. The molecule has 0 aromatic heterocycles. The van der Waals surface area contributed by atoms with Crippen molar-refractivity contribution < 1.29 is 0 Å². The average Bonchev–Trinajstić information content (AvgIpc) is 4.19. The van der Waals surface area contributed by atoms with Gasteiger partial charge in [-0.05, 0) is 165 Å². The van der Waals surface area contributed by atoms with Crippen molar-refractivity contribution in [1.29, 1.82) is 0 Å². The van der Waals surface area contributed by atoms with Crippen LogP contribution >= 0.6 is 0 Å². The van der Waals surface area contributed by atoms with Gasteiger partial charge in [0.1, 0.15) is 0 Å². The van der Waals surface area contributed by atoms with Crippen molar-refractivity contribution in [2.45, 2.75) is 96.3 Å². The Bertz CT molecular complexity index is 3900. The van der Waals surface area contributed by atoms with Crippen LogP contribution in [0, 0.1) is 0 Å². The van der Waals surface area contributed by atoms with Crippen molar-refractivity contribution in [3.05, 3.63) is 280 Å². The highest BCUT2D eigenvalue weighted by atomic mass is 15.1. The van der Waals surface area contributed by atoms with Crippen molar-refractivity contribution in [1.82, 2.24) is 0 Å². The van der Waals surface area contributed by atoms with E-state index < -0.39 is 5.41 Å². The van der Waals surface area contributed by atoms with Crippen molar-refractivity contribution in [2.75, 3.05) is 4.90 Å². The molecule has 3 aliphatic carbocycles. The van der Waals surface area contributed by atoms with Crippen LogP contribution in [-0.4, -0.2) is 0 Å². The lowest BCUT2D eigenvalue weighted by atomic mass is 9.66. The number of anilines is 3. The van der Waals surface area contributed by atoms with Gasteiger partial charge in [0.15, 0.2) is 0 Å². The van der Waals surface area contributed by atoms with E-state index in [1.165, 1.54) is 111 Å². The van der Waals surface area contributed by atoms with E-state index in [0.717, 1.165) is 17.1 Å².